The second-order valence-electron chi connectivity index (χ2n) is 27.3. The molecule has 0 radical (unpaired) electrons. The Morgan fingerprint density at radius 2 is 1.07 bits per heavy atom. The number of nitrogens with zero attached hydrogens (tertiary/aromatic N) is 3. The van der Waals surface area contributed by atoms with Gasteiger partial charge in [0.2, 0.25) is 0 Å². The van der Waals surface area contributed by atoms with Crippen molar-refractivity contribution in [2.75, 3.05) is 9.80 Å². The Balaban J connectivity index is 1.22. The molecule has 0 bridgehead atoms. The lowest BCUT2D eigenvalue weighted by Crippen LogP contribution is -2.64. The van der Waals surface area contributed by atoms with Gasteiger partial charge in [-0.25, -0.2) is 0 Å². The molecule has 0 saturated heterocycles. The third-order valence-electron chi connectivity index (χ3n) is 20.3. The lowest BCUT2D eigenvalue weighted by atomic mass is 9.33. The van der Waals surface area contributed by atoms with Crippen LogP contribution in [0.3, 0.4) is 0 Å². The molecule has 4 aliphatic heterocycles. The quantitative estimate of drug-likeness (QED) is 0.152. The number of aromatic nitrogens is 1. The van der Waals surface area contributed by atoms with Crippen molar-refractivity contribution in [1.82, 2.24) is 4.57 Å². The number of hydrogen-bond donors (Lipinski definition) is 0. The Hall–Kier alpha value is -4.70. The molecule has 1 aromatic heterocycles. The lowest BCUT2D eigenvalue weighted by molar-refractivity contribution is 0.194. The fourth-order valence-corrected chi connectivity index (χ4v) is 16.0. The summed E-state index contributed by atoms with van der Waals surface area (Å²) in [6, 6.07) is 33.1. The van der Waals surface area contributed by atoms with Gasteiger partial charge in [-0.15, -0.1) is 0 Å². The fourth-order valence-electron chi connectivity index (χ4n) is 16.0. The van der Waals surface area contributed by atoms with Gasteiger partial charge in [-0.1, -0.05) is 170 Å². The molecule has 4 atom stereocenters. The van der Waals surface area contributed by atoms with Crippen molar-refractivity contribution >= 4 is 56.8 Å². The van der Waals surface area contributed by atoms with Crippen molar-refractivity contribution < 1.29 is 0 Å². The van der Waals surface area contributed by atoms with Gasteiger partial charge >= 0.3 is 0 Å². The normalized spacial score (nSPS) is 27.1. The van der Waals surface area contributed by atoms with E-state index in [1.807, 2.05) is 0 Å². The van der Waals surface area contributed by atoms with Crippen molar-refractivity contribution in [3.8, 4) is 16.8 Å². The average molecular weight is 884 g/mol. The Kier molecular flexibility index (Phi) is 7.94. The molecule has 6 aromatic rings. The van der Waals surface area contributed by atoms with Gasteiger partial charge in [0.15, 0.2) is 0 Å². The van der Waals surface area contributed by atoms with Crippen LogP contribution >= 0.6 is 0 Å². The van der Waals surface area contributed by atoms with E-state index in [4.69, 9.17) is 0 Å². The van der Waals surface area contributed by atoms with Gasteiger partial charge in [-0.05, 0) is 135 Å². The van der Waals surface area contributed by atoms with E-state index in [0.29, 0.717) is 0 Å². The predicted molar refractivity (Wildman–Crippen MR) is 287 cm³/mol. The van der Waals surface area contributed by atoms with Crippen LogP contribution in [-0.4, -0.2) is 22.4 Å². The Bertz CT molecular complexity index is 3210. The summed E-state index contributed by atoms with van der Waals surface area (Å²) in [4.78, 5) is 5.89. The van der Waals surface area contributed by atoms with Crippen LogP contribution in [0.25, 0.3) is 27.7 Å². The largest absolute Gasteiger partial charge is 0.335 e. The summed E-state index contributed by atoms with van der Waals surface area (Å²) in [6.45, 7) is 37.5. The van der Waals surface area contributed by atoms with Crippen LogP contribution in [-0.2, 0) is 32.5 Å². The Labute approximate surface area is 402 Å². The maximum absolute atomic E-state index is 2.99. The van der Waals surface area contributed by atoms with Crippen LogP contribution in [0.1, 0.15) is 194 Å². The minimum Gasteiger partial charge on any atom is -0.335 e. The lowest BCUT2D eigenvalue weighted by Gasteiger charge is -2.53. The van der Waals surface area contributed by atoms with Gasteiger partial charge in [-0.2, -0.15) is 0 Å². The molecular weight excluding hydrogens is 810 g/mol. The smallest absolute Gasteiger partial charge is 0.252 e. The average Bonchev–Trinajstić information content (AvgIpc) is 3.87. The van der Waals surface area contributed by atoms with Crippen molar-refractivity contribution in [1.29, 1.82) is 0 Å². The van der Waals surface area contributed by atoms with E-state index in [1.165, 1.54) is 146 Å². The van der Waals surface area contributed by atoms with E-state index < -0.39 is 0 Å². The Morgan fingerprint density at radius 3 is 1.75 bits per heavy atom. The fraction of sp³-hybridized carbons (Fsp3) is 0.492. The maximum Gasteiger partial charge on any atom is 0.252 e. The second-order valence-corrected chi connectivity index (χ2v) is 27.3. The first-order valence-corrected chi connectivity index (χ1v) is 26.3. The first kappa shape index (κ1) is 42.4. The van der Waals surface area contributed by atoms with Crippen molar-refractivity contribution in [2.45, 2.75) is 199 Å². The molecule has 67 heavy (non-hydrogen) atoms. The molecule has 13 rings (SSSR count). The van der Waals surface area contributed by atoms with Crippen LogP contribution < -0.4 is 26.2 Å². The molecule has 0 spiro atoms. The van der Waals surface area contributed by atoms with Crippen LogP contribution in [0.2, 0.25) is 0 Å². The molecule has 5 heterocycles. The molecule has 7 aliphatic rings. The molecule has 3 nitrogen and oxygen atoms in total. The van der Waals surface area contributed by atoms with E-state index >= 15 is 0 Å². The van der Waals surface area contributed by atoms with Crippen molar-refractivity contribution in [3.05, 3.63) is 118 Å². The van der Waals surface area contributed by atoms with Crippen molar-refractivity contribution in [2.24, 2.45) is 0 Å². The standard InChI is InChI=1S/C63H74BN3/c1-56(2,3)37-24-25-48-44(31-37)60(12)26-18-20-28-62(60,14)66(48)40-35-49-52-50(36-40)67-54-45(61(13)27-19-21-29-63(61,67)15)32-39(58(7,8)9)34-47(54)64(52)46-33-38(57(4,5)6)30-42-51-41-22-16-17-23-43(41)59(10,11)55(51)65(49)53(42)46/h16-17,22-25,30-36H,18-21,26-29H2,1-15H3. The minimum atomic E-state index is -0.196. The molecule has 4 unspecified atom stereocenters. The SMILES string of the molecule is CC(C)(C)c1ccc2c(c1)C1(C)CCCCC1(C)N2c1cc2c3c(c1)-n1c4c(c5cc(C(C)(C)C)cc(c51)B3c1cc(C(C)(C)C)cc3c1N2C1(C)CCCCC31C)-c1ccccc1C4(C)C. The highest BCUT2D eigenvalue weighted by Gasteiger charge is 2.63. The van der Waals surface area contributed by atoms with E-state index in [-0.39, 0.29) is 50.3 Å². The summed E-state index contributed by atoms with van der Waals surface area (Å²) < 4.78 is 2.85. The first-order valence-electron chi connectivity index (χ1n) is 26.3. The summed E-state index contributed by atoms with van der Waals surface area (Å²) in [7, 11) is 0. The second kappa shape index (κ2) is 12.5. The number of fused-ring (bicyclic) bond motifs is 15. The zero-order valence-corrected chi connectivity index (χ0v) is 43.6. The predicted octanol–water partition coefficient (Wildman–Crippen LogP) is 14.5. The molecule has 4 heteroatoms. The van der Waals surface area contributed by atoms with Gasteiger partial charge < -0.3 is 14.4 Å². The molecule has 2 saturated carbocycles. The molecule has 0 N–H and O–H groups in total. The molecule has 2 fully saturated rings. The highest BCUT2D eigenvalue weighted by molar-refractivity contribution is 7.00. The van der Waals surface area contributed by atoms with Crippen molar-refractivity contribution in [3.63, 3.8) is 0 Å². The van der Waals surface area contributed by atoms with Crippen LogP contribution in [0, 0.1) is 0 Å². The van der Waals surface area contributed by atoms with Crippen LogP contribution in [0.4, 0.5) is 22.7 Å². The highest BCUT2D eigenvalue weighted by atomic mass is 15.3. The Morgan fingerprint density at radius 1 is 0.507 bits per heavy atom. The van der Waals surface area contributed by atoms with Gasteiger partial charge in [0.1, 0.15) is 0 Å². The summed E-state index contributed by atoms with van der Waals surface area (Å²) in [6.07, 6.45) is 9.93. The van der Waals surface area contributed by atoms with Crippen LogP contribution in [0.15, 0.2) is 78.9 Å². The van der Waals surface area contributed by atoms with E-state index in [0.717, 1.165) is 0 Å². The molecule has 5 aromatic carbocycles. The van der Waals surface area contributed by atoms with E-state index in [9.17, 15) is 0 Å². The van der Waals surface area contributed by atoms with Gasteiger partial charge in [0, 0.05) is 66.8 Å². The van der Waals surface area contributed by atoms with E-state index in [2.05, 4.69) is 197 Å². The summed E-state index contributed by atoms with van der Waals surface area (Å²) >= 11 is 0. The zero-order valence-electron chi connectivity index (χ0n) is 43.6. The van der Waals surface area contributed by atoms with Crippen LogP contribution in [0.5, 0.6) is 0 Å². The van der Waals surface area contributed by atoms with E-state index in [1.54, 1.807) is 11.1 Å². The molecular formula is C63H74BN3. The number of benzene rings is 5. The van der Waals surface area contributed by atoms with Gasteiger partial charge in [0.05, 0.1) is 11.1 Å². The third-order valence-corrected chi connectivity index (χ3v) is 20.3. The monoisotopic (exact) mass is 884 g/mol. The summed E-state index contributed by atoms with van der Waals surface area (Å²) in [5.41, 5.74) is 26.2. The minimum absolute atomic E-state index is 0.0117. The first-order chi connectivity index (χ1) is 31.4. The summed E-state index contributed by atoms with van der Waals surface area (Å²) in [5.74, 6) is 0. The van der Waals surface area contributed by atoms with Gasteiger partial charge in [-0.3, -0.25) is 0 Å². The van der Waals surface area contributed by atoms with Gasteiger partial charge in [0.25, 0.3) is 6.71 Å². The number of hydrogen-bond acceptors (Lipinski definition) is 2. The number of anilines is 4. The topological polar surface area (TPSA) is 11.4 Å². The third kappa shape index (κ3) is 4.92. The highest BCUT2D eigenvalue weighted by Crippen LogP contribution is 2.65. The summed E-state index contributed by atoms with van der Waals surface area (Å²) in [5, 5.41) is 1.43. The number of rotatable bonds is 1. The maximum atomic E-state index is 2.99. The molecule has 3 aliphatic carbocycles. The zero-order chi connectivity index (χ0) is 47.1. The molecule has 0 amide bonds. The molecule has 344 valence electrons.